The fourth-order valence-corrected chi connectivity index (χ4v) is 5.26. The van der Waals surface area contributed by atoms with Crippen LogP contribution in [0.3, 0.4) is 0 Å². The molecule has 1 saturated carbocycles. The molecule has 0 unspecified atom stereocenters. The number of nitrogens with zero attached hydrogens (tertiary/aromatic N) is 6. The van der Waals surface area contributed by atoms with Crippen LogP contribution in [-0.4, -0.2) is 60.4 Å². The summed E-state index contributed by atoms with van der Waals surface area (Å²) in [7, 11) is 0. The zero-order valence-electron chi connectivity index (χ0n) is 20.3. The molecule has 4 heterocycles. The van der Waals surface area contributed by atoms with Gasteiger partial charge in [-0.1, -0.05) is 12.8 Å². The van der Waals surface area contributed by atoms with Crippen molar-refractivity contribution in [3.63, 3.8) is 0 Å². The summed E-state index contributed by atoms with van der Waals surface area (Å²) < 4.78 is 1.72. The summed E-state index contributed by atoms with van der Waals surface area (Å²) in [4.78, 5) is 41.1. The van der Waals surface area contributed by atoms with E-state index in [-0.39, 0.29) is 23.9 Å². The number of hydrogen-bond donors (Lipinski definition) is 2. The zero-order valence-corrected chi connectivity index (χ0v) is 20.3. The minimum absolute atomic E-state index is 0.0701. The molecule has 184 valence electrons. The van der Waals surface area contributed by atoms with Gasteiger partial charge in [-0.15, -0.1) is 0 Å². The molecule has 0 spiro atoms. The molecule has 2 aliphatic rings. The van der Waals surface area contributed by atoms with Gasteiger partial charge in [0.2, 0.25) is 11.9 Å². The highest BCUT2D eigenvalue weighted by atomic mass is 16.2. The number of carbonyl (C=O) groups excluding carboxylic acids is 2. The lowest BCUT2D eigenvalue weighted by Gasteiger charge is -2.25. The molecule has 35 heavy (non-hydrogen) atoms. The van der Waals surface area contributed by atoms with Crippen LogP contribution in [0, 0.1) is 13.8 Å². The molecule has 2 N–H and O–H groups in total. The molecule has 5 rings (SSSR count). The number of nitrogens with one attached hydrogen (secondary N) is 2. The van der Waals surface area contributed by atoms with Crippen molar-refractivity contribution in [1.82, 2.24) is 34.8 Å². The Kier molecular flexibility index (Phi) is 6.61. The van der Waals surface area contributed by atoms with Gasteiger partial charge in [0, 0.05) is 43.1 Å². The van der Waals surface area contributed by atoms with Gasteiger partial charge in [-0.2, -0.15) is 5.10 Å². The van der Waals surface area contributed by atoms with E-state index < -0.39 is 0 Å². The first-order valence-electron chi connectivity index (χ1n) is 12.5. The molecule has 3 aromatic rings. The number of amides is 2. The SMILES string of the molecule is Cc1cc(C)nc(NCCC(=O)N2CCC[C@H]2c2ccnc3c(C(=O)NC4CCCC4)cnn23)n1. The molecule has 3 aromatic heterocycles. The molecular formula is C25H32N8O2. The topological polar surface area (TPSA) is 117 Å². The van der Waals surface area contributed by atoms with Crippen molar-refractivity contribution in [3.8, 4) is 0 Å². The summed E-state index contributed by atoms with van der Waals surface area (Å²) in [5.74, 6) is 0.486. The minimum Gasteiger partial charge on any atom is -0.354 e. The first-order chi connectivity index (χ1) is 17.0. The Hall–Kier alpha value is -3.56. The summed E-state index contributed by atoms with van der Waals surface area (Å²) >= 11 is 0. The van der Waals surface area contributed by atoms with Gasteiger partial charge in [0.25, 0.3) is 5.91 Å². The standard InChI is InChI=1S/C25H32N8O2/c1-16-14-17(2)30-25(29-16)27-12-10-22(34)32-13-5-8-20(32)21-9-11-26-23-19(15-28-33(21)23)24(35)31-18-6-3-4-7-18/h9,11,14-15,18,20H,3-8,10,12-13H2,1-2H3,(H,31,35)(H,27,29,30)/t20-/m0/s1. The van der Waals surface area contributed by atoms with Crippen LogP contribution in [-0.2, 0) is 4.79 Å². The van der Waals surface area contributed by atoms with Crippen LogP contribution >= 0.6 is 0 Å². The van der Waals surface area contributed by atoms with E-state index in [2.05, 4.69) is 30.7 Å². The molecule has 1 saturated heterocycles. The molecule has 1 aliphatic carbocycles. The summed E-state index contributed by atoms with van der Waals surface area (Å²) in [6.07, 6.45) is 9.76. The maximum absolute atomic E-state index is 13.1. The second kappa shape index (κ2) is 9.97. The number of rotatable bonds is 7. The molecule has 0 bridgehead atoms. The highest BCUT2D eigenvalue weighted by Crippen LogP contribution is 2.32. The predicted molar refractivity (Wildman–Crippen MR) is 131 cm³/mol. The highest BCUT2D eigenvalue weighted by Gasteiger charge is 2.32. The molecule has 2 fully saturated rings. The van der Waals surface area contributed by atoms with E-state index in [1.807, 2.05) is 30.9 Å². The Balaban J connectivity index is 1.28. The quantitative estimate of drug-likeness (QED) is 0.538. The summed E-state index contributed by atoms with van der Waals surface area (Å²) in [6.45, 7) is 5.01. The van der Waals surface area contributed by atoms with Crippen LogP contribution < -0.4 is 10.6 Å². The van der Waals surface area contributed by atoms with E-state index in [1.54, 1.807) is 16.9 Å². The predicted octanol–water partition coefficient (Wildman–Crippen LogP) is 2.97. The second-order valence-corrected chi connectivity index (χ2v) is 9.51. The Morgan fingerprint density at radius 2 is 1.86 bits per heavy atom. The third kappa shape index (κ3) is 4.96. The molecule has 1 atom stereocenters. The van der Waals surface area contributed by atoms with Gasteiger partial charge in [0.15, 0.2) is 5.65 Å². The van der Waals surface area contributed by atoms with E-state index in [1.165, 1.54) is 0 Å². The fourth-order valence-electron chi connectivity index (χ4n) is 5.26. The summed E-state index contributed by atoms with van der Waals surface area (Å²) in [6, 6.07) is 3.94. The Bertz CT molecular complexity index is 1210. The van der Waals surface area contributed by atoms with E-state index in [0.29, 0.717) is 36.7 Å². The van der Waals surface area contributed by atoms with Crippen molar-refractivity contribution in [2.24, 2.45) is 0 Å². The lowest BCUT2D eigenvalue weighted by molar-refractivity contribution is -0.131. The van der Waals surface area contributed by atoms with Crippen LogP contribution in [0.2, 0.25) is 0 Å². The summed E-state index contributed by atoms with van der Waals surface area (Å²) in [5, 5.41) is 10.8. The highest BCUT2D eigenvalue weighted by molar-refractivity contribution is 5.99. The van der Waals surface area contributed by atoms with Gasteiger partial charge in [0.05, 0.1) is 17.9 Å². The maximum atomic E-state index is 13.1. The number of carbonyl (C=O) groups is 2. The van der Waals surface area contributed by atoms with Crippen molar-refractivity contribution in [2.45, 2.75) is 70.9 Å². The number of aryl methyl sites for hydroxylation is 2. The van der Waals surface area contributed by atoms with E-state index >= 15 is 0 Å². The van der Waals surface area contributed by atoms with Gasteiger partial charge < -0.3 is 15.5 Å². The molecule has 0 aromatic carbocycles. The first-order valence-corrected chi connectivity index (χ1v) is 12.5. The number of aromatic nitrogens is 5. The molecule has 10 nitrogen and oxygen atoms in total. The number of hydrogen-bond acceptors (Lipinski definition) is 7. The molecule has 1 aliphatic heterocycles. The molecule has 0 radical (unpaired) electrons. The Morgan fingerprint density at radius 1 is 1.09 bits per heavy atom. The van der Waals surface area contributed by atoms with Crippen LogP contribution in [0.4, 0.5) is 5.95 Å². The smallest absolute Gasteiger partial charge is 0.256 e. The average molecular weight is 477 g/mol. The van der Waals surface area contributed by atoms with Crippen LogP contribution in [0.5, 0.6) is 0 Å². The van der Waals surface area contributed by atoms with Crippen molar-refractivity contribution >= 4 is 23.4 Å². The van der Waals surface area contributed by atoms with E-state index in [4.69, 9.17) is 0 Å². The van der Waals surface area contributed by atoms with Gasteiger partial charge in [-0.3, -0.25) is 9.59 Å². The van der Waals surface area contributed by atoms with Gasteiger partial charge >= 0.3 is 0 Å². The number of likely N-dealkylation sites (tertiary alicyclic amines) is 1. The van der Waals surface area contributed by atoms with Gasteiger partial charge in [-0.05, 0) is 51.7 Å². The molecular weight excluding hydrogens is 444 g/mol. The van der Waals surface area contributed by atoms with Crippen molar-refractivity contribution in [1.29, 1.82) is 0 Å². The van der Waals surface area contributed by atoms with Gasteiger partial charge in [-0.25, -0.2) is 19.5 Å². The van der Waals surface area contributed by atoms with Crippen LogP contribution in [0.1, 0.15) is 78.4 Å². The van der Waals surface area contributed by atoms with E-state index in [9.17, 15) is 9.59 Å². The lowest BCUT2D eigenvalue weighted by Crippen LogP contribution is -2.33. The Morgan fingerprint density at radius 3 is 2.63 bits per heavy atom. The fraction of sp³-hybridized carbons (Fsp3) is 0.520. The normalized spacial score (nSPS) is 18.3. The largest absolute Gasteiger partial charge is 0.354 e. The Labute approximate surface area is 204 Å². The number of anilines is 1. The molecule has 10 heteroatoms. The first kappa shape index (κ1) is 23.2. The monoisotopic (exact) mass is 476 g/mol. The third-order valence-electron chi connectivity index (χ3n) is 6.88. The second-order valence-electron chi connectivity index (χ2n) is 9.51. The molecule has 2 amide bonds. The zero-order chi connectivity index (χ0) is 24.4. The van der Waals surface area contributed by atoms with Crippen molar-refractivity contribution in [2.75, 3.05) is 18.4 Å². The third-order valence-corrected chi connectivity index (χ3v) is 6.88. The minimum atomic E-state index is -0.129. The van der Waals surface area contributed by atoms with Crippen molar-refractivity contribution in [3.05, 3.63) is 47.2 Å². The number of fused-ring (bicyclic) bond motifs is 1. The average Bonchev–Trinajstić information content (AvgIpc) is 3.58. The van der Waals surface area contributed by atoms with E-state index in [0.717, 1.165) is 55.6 Å². The van der Waals surface area contributed by atoms with Crippen LogP contribution in [0.15, 0.2) is 24.5 Å². The lowest BCUT2D eigenvalue weighted by atomic mass is 10.1. The maximum Gasteiger partial charge on any atom is 0.256 e. The summed E-state index contributed by atoms with van der Waals surface area (Å²) in [5.41, 5.74) is 3.68. The van der Waals surface area contributed by atoms with Gasteiger partial charge in [0.1, 0.15) is 5.56 Å². The van der Waals surface area contributed by atoms with Crippen molar-refractivity contribution < 1.29 is 9.59 Å². The van der Waals surface area contributed by atoms with Crippen LogP contribution in [0.25, 0.3) is 5.65 Å².